The smallest absolute Gasteiger partial charge is 0.222 e. The second-order valence-electron chi connectivity index (χ2n) is 7.24. The summed E-state index contributed by atoms with van der Waals surface area (Å²) in [5.41, 5.74) is 7.36. The molecule has 0 radical (unpaired) electrons. The Balaban J connectivity index is 1.98. The van der Waals surface area contributed by atoms with E-state index in [2.05, 4.69) is 34.6 Å². The maximum absolute atomic E-state index is 13.1. The van der Waals surface area contributed by atoms with Gasteiger partial charge in [0.15, 0.2) is 11.7 Å². The molecule has 2 aromatic rings. The van der Waals surface area contributed by atoms with Crippen LogP contribution in [0.2, 0.25) is 0 Å². The number of guanidine groups is 1. The molecule has 0 bridgehead atoms. The molecular weight excluding hydrogens is 385 g/mol. The molecule has 0 aliphatic rings. The van der Waals surface area contributed by atoms with Gasteiger partial charge in [-0.1, -0.05) is 31.1 Å². The summed E-state index contributed by atoms with van der Waals surface area (Å²) in [5.74, 6) is 0.448. The number of benzene rings is 1. The molecule has 1 heterocycles. The van der Waals surface area contributed by atoms with Crippen LogP contribution in [0.5, 0.6) is 0 Å². The summed E-state index contributed by atoms with van der Waals surface area (Å²) in [6, 6.07) is 8.02. The number of carbonyl (C=O) groups excluding carboxylic acids is 1. The highest BCUT2D eigenvalue weighted by atomic mass is 19.1. The molecule has 2 rings (SSSR count). The second kappa shape index (κ2) is 11.9. The molecule has 1 unspecified atom stereocenters. The fraction of sp³-hybridized carbons (Fsp3) is 0.500. The molecule has 1 amide bonds. The van der Waals surface area contributed by atoms with Crippen molar-refractivity contribution < 1.29 is 13.7 Å². The number of nitrogens with one attached hydrogen (secondary N) is 2. The first-order valence-electron chi connectivity index (χ1n) is 10.5. The van der Waals surface area contributed by atoms with E-state index in [1.807, 2.05) is 13.0 Å². The third-order valence-corrected chi connectivity index (χ3v) is 5.03. The van der Waals surface area contributed by atoms with Gasteiger partial charge in [0.2, 0.25) is 5.91 Å². The zero-order valence-electron chi connectivity index (χ0n) is 18.0. The number of halogens is 1. The fourth-order valence-electron chi connectivity index (χ4n) is 3.20. The van der Waals surface area contributed by atoms with Gasteiger partial charge >= 0.3 is 0 Å². The summed E-state index contributed by atoms with van der Waals surface area (Å²) in [6.45, 7) is 7.54. The molecule has 0 spiro atoms. The van der Waals surface area contributed by atoms with Crippen LogP contribution in [-0.2, 0) is 17.8 Å². The number of carbonyl (C=O) groups is 1. The summed E-state index contributed by atoms with van der Waals surface area (Å²) in [4.78, 5) is 16.4. The Morgan fingerprint density at radius 3 is 2.50 bits per heavy atom. The maximum Gasteiger partial charge on any atom is 0.222 e. The molecular formula is C22H32FN5O2. The van der Waals surface area contributed by atoms with Crippen molar-refractivity contribution in [1.82, 2.24) is 15.8 Å². The molecule has 0 saturated carbocycles. The first-order valence-corrected chi connectivity index (χ1v) is 10.5. The molecule has 7 nitrogen and oxygen atoms in total. The lowest BCUT2D eigenvalue weighted by Crippen LogP contribution is -2.43. The van der Waals surface area contributed by atoms with Crippen LogP contribution in [0, 0.1) is 11.7 Å². The number of aliphatic imine (C=N–C) groups is 1. The largest absolute Gasteiger partial charge is 0.369 e. The van der Waals surface area contributed by atoms with E-state index < -0.39 is 11.8 Å². The maximum atomic E-state index is 13.1. The van der Waals surface area contributed by atoms with Crippen molar-refractivity contribution in [1.29, 1.82) is 0 Å². The van der Waals surface area contributed by atoms with E-state index in [0.717, 1.165) is 24.1 Å². The van der Waals surface area contributed by atoms with Gasteiger partial charge in [0.1, 0.15) is 12.4 Å². The van der Waals surface area contributed by atoms with Gasteiger partial charge in [-0.2, -0.15) is 0 Å². The molecule has 30 heavy (non-hydrogen) atoms. The van der Waals surface area contributed by atoms with Gasteiger partial charge < -0.3 is 20.9 Å². The van der Waals surface area contributed by atoms with Crippen LogP contribution in [0.1, 0.15) is 56.5 Å². The topological polar surface area (TPSA) is 106 Å². The molecule has 164 valence electrons. The van der Waals surface area contributed by atoms with Crippen molar-refractivity contribution in [2.45, 2.75) is 52.5 Å². The first kappa shape index (κ1) is 23.4. The summed E-state index contributed by atoms with van der Waals surface area (Å²) in [7, 11) is 0. The number of nitrogens with zero attached hydrogens (tertiary/aromatic N) is 2. The summed E-state index contributed by atoms with van der Waals surface area (Å²) in [6.07, 6.45) is 2.44. The predicted octanol–water partition coefficient (Wildman–Crippen LogP) is 3.12. The number of nitrogens with two attached hydrogens (primary N) is 1. The van der Waals surface area contributed by atoms with Gasteiger partial charge in [-0.05, 0) is 43.9 Å². The normalized spacial score (nSPS) is 12.8. The van der Waals surface area contributed by atoms with Crippen molar-refractivity contribution in [2.24, 2.45) is 16.6 Å². The minimum Gasteiger partial charge on any atom is -0.369 e. The van der Waals surface area contributed by atoms with E-state index >= 15 is 0 Å². The van der Waals surface area contributed by atoms with Crippen molar-refractivity contribution in [3.05, 3.63) is 53.2 Å². The van der Waals surface area contributed by atoms with Crippen LogP contribution in [-0.4, -0.2) is 30.1 Å². The van der Waals surface area contributed by atoms with Gasteiger partial charge in [0, 0.05) is 25.1 Å². The minimum absolute atomic E-state index is 0.311. The number of rotatable bonds is 11. The van der Waals surface area contributed by atoms with Crippen LogP contribution in [0.25, 0.3) is 0 Å². The number of amides is 1. The van der Waals surface area contributed by atoms with Crippen LogP contribution in [0.15, 0.2) is 39.8 Å². The molecule has 0 saturated heterocycles. The number of primary amides is 1. The fourth-order valence-corrected chi connectivity index (χ4v) is 3.20. The van der Waals surface area contributed by atoms with E-state index in [1.165, 1.54) is 12.1 Å². The highest BCUT2D eigenvalue weighted by Gasteiger charge is 2.17. The van der Waals surface area contributed by atoms with Crippen molar-refractivity contribution >= 4 is 11.9 Å². The molecule has 0 aliphatic heterocycles. The Labute approximate surface area is 177 Å². The third-order valence-electron chi connectivity index (χ3n) is 5.03. The molecule has 1 aromatic carbocycles. The molecule has 1 aromatic heterocycles. The van der Waals surface area contributed by atoms with Crippen LogP contribution < -0.4 is 16.4 Å². The van der Waals surface area contributed by atoms with Crippen LogP contribution in [0.3, 0.4) is 0 Å². The predicted molar refractivity (Wildman–Crippen MR) is 115 cm³/mol. The zero-order valence-corrected chi connectivity index (χ0v) is 18.0. The lowest BCUT2D eigenvalue weighted by molar-refractivity contribution is -0.121. The monoisotopic (exact) mass is 417 g/mol. The van der Waals surface area contributed by atoms with E-state index in [1.54, 1.807) is 12.1 Å². The average molecular weight is 418 g/mol. The Kier molecular flexibility index (Phi) is 9.31. The van der Waals surface area contributed by atoms with Gasteiger partial charge in [-0.25, -0.2) is 9.38 Å². The first-order chi connectivity index (χ1) is 14.5. The summed E-state index contributed by atoms with van der Waals surface area (Å²) in [5, 5.41) is 10.5. The summed E-state index contributed by atoms with van der Waals surface area (Å²) < 4.78 is 18.5. The van der Waals surface area contributed by atoms with Crippen molar-refractivity contribution in [2.75, 3.05) is 13.1 Å². The lowest BCUT2D eigenvalue weighted by atomic mass is 9.98. The van der Waals surface area contributed by atoms with Crippen LogP contribution in [0.4, 0.5) is 4.39 Å². The average Bonchev–Trinajstić information content (AvgIpc) is 3.20. The van der Waals surface area contributed by atoms with Crippen molar-refractivity contribution in [3.8, 4) is 0 Å². The number of hydrogen-bond donors (Lipinski definition) is 3. The number of aromatic nitrogens is 1. The standard InChI is InChI=1S/C22H32FN5O2/c1-4-16(5-2)20-12-19(30-28-20)14-27-22(25-6-3)26-13-17(21(24)29)11-15-7-9-18(23)10-8-15/h7-10,12,16-17H,4-6,11,13-14H2,1-3H3,(H2,24,29)(H2,25,26,27). The van der Waals surface area contributed by atoms with Gasteiger partial charge in [0.05, 0.1) is 11.6 Å². The van der Waals surface area contributed by atoms with Gasteiger partial charge in [-0.3, -0.25) is 4.79 Å². The molecule has 4 N–H and O–H groups in total. The van der Waals surface area contributed by atoms with Gasteiger partial charge in [-0.15, -0.1) is 0 Å². The molecule has 0 fully saturated rings. The van der Waals surface area contributed by atoms with E-state index in [9.17, 15) is 9.18 Å². The van der Waals surface area contributed by atoms with E-state index in [-0.39, 0.29) is 5.82 Å². The quantitative estimate of drug-likeness (QED) is 0.385. The highest BCUT2D eigenvalue weighted by Crippen LogP contribution is 2.22. The Hall–Kier alpha value is -2.90. The van der Waals surface area contributed by atoms with Crippen LogP contribution >= 0.6 is 0 Å². The highest BCUT2D eigenvalue weighted by molar-refractivity contribution is 5.81. The SMILES string of the molecule is CCNC(=NCc1cc(C(CC)CC)no1)NCC(Cc1ccc(F)cc1)C(N)=O. The van der Waals surface area contributed by atoms with Crippen molar-refractivity contribution in [3.63, 3.8) is 0 Å². The molecule has 1 atom stereocenters. The Morgan fingerprint density at radius 2 is 1.90 bits per heavy atom. The second-order valence-corrected chi connectivity index (χ2v) is 7.24. The Morgan fingerprint density at radius 1 is 1.20 bits per heavy atom. The molecule has 0 aliphatic carbocycles. The third kappa shape index (κ3) is 7.17. The minimum atomic E-state index is -0.453. The van der Waals surface area contributed by atoms with Gasteiger partial charge in [0.25, 0.3) is 0 Å². The van der Waals surface area contributed by atoms with E-state index in [0.29, 0.717) is 43.7 Å². The zero-order chi connectivity index (χ0) is 21.9. The van der Waals surface area contributed by atoms with E-state index in [4.69, 9.17) is 10.3 Å². The lowest BCUT2D eigenvalue weighted by Gasteiger charge is -2.17. The number of hydrogen-bond acceptors (Lipinski definition) is 4. The summed E-state index contributed by atoms with van der Waals surface area (Å²) >= 11 is 0. The Bertz CT molecular complexity index is 815. The molecule has 8 heteroatoms.